The lowest BCUT2D eigenvalue weighted by atomic mass is 9.86. The van der Waals surface area contributed by atoms with Crippen LogP contribution in [-0.2, 0) is 34.8 Å². The van der Waals surface area contributed by atoms with Crippen molar-refractivity contribution in [1.82, 2.24) is 14.9 Å². The number of aromatic nitrogens is 2. The van der Waals surface area contributed by atoms with E-state index in [0.29, 0.717) is 52.5 Å². The first kappa shape index (κ1) is 24.7. The molecule has 0 saturated heterocycles. The average Bonchev–Trinajstić information content (AvgIpc) is 3.24. The molecule has 1 atom stereocenters. The highest BCUT2D eigenvalue weighted by atomic mass is 35.5. The molecule has 8 nitrogen and oxygen atoms in total. The number of cyclic esters (lactones) is 1. The molecule has 3 aliphatic rings. The summed E-state index contributed by atoms with van der Waals surface area (Å²) in [6, 6.07) is 7.88. The summed E-state index contributed by atoms with van der Waals surface area (Å²) in [6.45, 7) is 2.44. The van der Waals surface area contributed by atoms with E-state index in [4.69, 9.17) is 9.72 Å². The summed E-state index contributed by atoms with van der Waals surface area (Å²) in [5.74, 6) is -0.524. The largest absolute Gasteiger partial charge is 0.507 e. The molecule has 1 aliphatic carbocycles. The maximum atomic E-state index is 13.3. The Labute approximate surface area is 214 Å². The van der Waals surface area contributed by atoms with Gasteiger partial charge in [-0.25, -0.2) is 9.78 Å². The van der Waals surface area contributed by atoms with Gasteiger partial charge in [0.2, 0.25) is 0 Å². The smallest absolute Gasteiger partial charge is 0.343 e. The monoisotopic (exact) mass is 511 g/mol. The number of hydrogen-bond donors (Lipinski definition) is 3. The van der Waals surface area contributed by atoms with Gasteiger partial charge in [0.25, 0.3) is 5.56 Å². The number of aliphatic hydroxyl groups is 1. The number of phenols is 1. The Bertz CT molecular complexity index is 1430. The molecule has 3 aromatic rings. The van der Waals surface area contributed by atoms with E-state index in [1.54, 1.807) is 17.6 Å². The van der Waals surface area contributed by atoms with Gasteiger partial charge < -0.3 is 24.8 Å². The third kappa shape index (κ3) is 3.70. The number of phenolic OH excluding ortho intramolecular Hbond substituents is 1. The highest BCUT2D eigenvalue weighted by Gasteiger charge is 2.45. The van der Waals surface area contributed by atoms with Crippen molar-refractivity contribution in [2.75, 3.05) is 0 Å². The molecule has 190 valence electrons. The molecule has 2 aromatic heterocycles. The molecule has 0 bridgehead atoms. The number of rotatable bonds is 4. The number of pyridine rings is 2. The zero-order valence-electron chi connectivity index (χ0n) is 20.2. The number of carbonyl (C=O) groups is 1. The van der Waals surface area contributed by atoms with Crippen LogP contribution in [0.25, 0.3) is 22.3 Å². The van der Waals surface area contributed by atoms with Crippen molar-refractivity contribution in [2.24, 2.45) is 0 Å². The molecule has 6 rings (SSSR count). The van der Waals surface area contributed by atoms with Crippen molar-refractivity contribution >= 4 is 29.3 Å². The fraction of sp³-hybridized carbons (Fsp3) is 0.444. The van der Waals surface area contributed by atoms with Crippen LogP contribution in [0.4, 0.5) is 0 Å². The second kappa shape index (κ2) is 9.18. The van der Waals surface area contributed by atoms with Crippen molar-refractivity contribution in [3.8, 4) is 17.1 Å². The summed E-state index contributed by atoms with van der Waals surface area (Å²) in [5, 5.41) is 26.3. The molecule has 0 radical (unpaired) electrons. The predicted molar refractivity (Wildman–Crippen MR) is 137 cm³/mol. The highest BCUT2D eigenvalue weighted by Crippen LogP contribution is 2.40. The van der Waals surface area contributed by atoms with Crippen LogP contribution in [0.1, 0.15) is 67.7 Å². The minimum Gasteiger partial charge on any atom is -0.507 e. The molecule has 4 heterocycles. The van der Waals surface area contributed by atoms with Crippen molar-refractivity contribution in [2.45, 2.75) is 76.8 Å². The van der Waals surface area contributed by atoms with E-state index >= 15 is 0 Å². The van der Waals surface area contributed by atoms with E-state index in [1.165, 1.54) is 32.1 Å². The molecule has 9 heteroatoms. The molecule has 1 aromatic carbocycles. The predicted octanol–water partition coefficient (Wildman–Crippen LogP) is 3.63. The van der Waals surface area contributed by atoms with Gasteiger partial charge in [-0.15, -0.1) is 12.4 Å². The lowest BCUT2D eigenvalue weighted by molar-refractivity contribution is -0.172. The number of hydrogen-bond acceptors (Lipinski definition) is 7. The number of esters is 1. The molecular formula is C27H30ClN3O5. The van der Waals surface area contributed by atoms with Gasteiger partial charge in [-0.05, 0) is 37.5 Å². The van der Waals surface area contributed by atoms with Crippen LogP contribution in [0.2, 0.25) is 0 Å². The lowest BCUT2D eigenvalue weighted by Gasteiger charge is -2.31. The SMILES string of the molecule is CC[C@@]1(O)C(=O)OCc2c1cc1n(c2=O)Cc2cc3c(O)c(CNC4CCCCC4)ccc3nc2-1.Cl. The summed E-state index contributed by atoms with van der Waals surface area (Å²) in [5.41, 5.74) is 1.93. The Morgan fingerprint density at radius 2 is 1.97 bits per heavy atom. The maximum absolute atomic E-state index is 13.3. The summed E-state index contributed by atoms with van der Waals surface area (Å²) >= 11 is 0. The quantitative estimate of drug-likeness (QED) is 0.358. The van der Waals surface area contributed by atoms with Crippen LogP contribution in [0.15, 0.2) is 29.1 Å². The first-order valence-corrected chi connectivity index (χ1v) is 12.5. The molecule has 0 amide bonds. The Morgan fingerprint density at radius 1 is 1.19 bits per heavy atom. The van der Waals surface area contributed by atoms with Crippen molar-refractivity contribution in [3.05, 3.63) is 56.9 Å². The molecule has 0 spiro atoms. The Hall–Kier alpha value is -2.94. The third-order valence-corrected chi connectivity index (χ3v) is 7.93. The Kier molecular flexibility index (Phi) is 6.31. The average molecular weight is 512 g/mol. The number of aromatic hydroxyl groups is 1. The zero-order valence-corrected chi connectivity index (χ0v) is 21.0. The van der Waals surface area contributed by atoms with Gasteiger partial charge in [0.1, 0.15) is 12.4 Å². The van der Waals surface area contributed by atoms with Crippen LogP contribution >= 0.6 is 12.4 Å². The second-order valence-electron chi connectivity index (χ2n) is 9.95. The van der Waals surface area contributed by atoms with Gasteiger partial charge in [0.05, 0.1) is 29.0 Å². The number of ether oxygens (including phenoxy) is 1. The highest BCUT2D eigenvalue weighted by molar-refractivity contribution is 5.90. The third-order valence-electron chi connectivity index (χ3n) is 7.93. The fourth-order valence-corrected chi connectivity index (χ4v) is 5.79. The summed E-state index contributed by atoms with van der Waals surface area (Å²) in [6.07, 6.45) is 6.23. The van der Waals surface area contributed by atoms with Crippen LogP contribution in [0.5, 0.6) is 5.75 Å². The van der Waals surface area contributed by atoms with Crippen molar-refractivity contribution < 1.29 is 19.7 Å². The van der Waals surface area contributed by atoms with E-state index in [1.807, 2.05) is 18.2 Å². The number of nitrogens with zero attached hydrogens (tertiary/aromatic N) is 2. The van der Waals surface area contributed by atoms with Gasteiger partial charge in [-0.1, -0.05) is 32.3 Å². The summed E-state index contributed by atoms with van der Waals surface area (Å²) < 4.78 is 6.73. The number of halogens is 1. The maximum Gasteiger partial charge on any atom is 0.343 e. The number of fused-ring (bicyclic) bond motifs is 5. The van der Waals surface area contributed by atoms with Gasteiger partial charge >= 0.3 is 5.97 Å². The van der Waals surface area contributed by atoms with E-state index in [9.17, 15) is 19.8 Å². The van der Waals surface area contributed by atoms with E-state index in [0.717, 1.165) is 11.1 Å². The first-order chi connectivity index (χ1) is 16.9. The van der Waals surface area contributed by atoms with Gasteiger partial charge in [-0.3, -0.25) is 4.79 Å². The Morgan fingerprint density at radius 3 is 2.72 bits per heavy atom. The molecule has 0 unspecified atom stereocenters. The number of nitrogens with one attached hydrogen (secondary N) is 1. The van der Waals surface area contributed by atoms with Gasteiger partial charge in [-0.2, -0.15) is 0 Å². The number of benzene rings is 1. The number of carbonyl (C=O) groups excluding carboxylic acids is 1. The van der Waals surface area contributed by atoms with E-state index in [-0.39, 0.29) is 36.7 Å². The van der Waals surface area contributed by atoms with Crippen LogP contribution < -0.4 is 10.9 Å². The summed E-state index contributed by atoms with van der Waals surface area (Å²) in [7, 11) is 0. The van der Waals surface area contributed by atoms with Gasteiger partial charge in [0, 0.05) is 34.7 Å². The minimum atomic E-state index is -1.85. The molecule has 1 saturated carbocycles. The molecular weight excluding hydrogens is 482 g/mol. The minimum absolute atomic E-state index is 0. The van der Waals surface area contributed by atoms with E-state index in [2.05, 4.69) is 5.32 Å². The Balaban J connectivity index is 0.00000267. The molecule has 1 fully saturated rings. The fourth-order valence-electron chi connectivity index (χ4n) is 5.79. The first-order valence-electron chi connectivity index (χ1n) is 12.5. The molecule has 36 heavy (non-hydrogen) atoms. The van der Waals surface area contributed by atoms with Crippen LogP contribution in [0.3, 0.4) is 0 Å². The molecule has 3 N–H and O–H groups in total. The zero-order chi connectivity index (χ0) is 24.3. The summed E-state index contributed by atoms with van der Waals surface area (Å²) in [4.78, 5) is 30.4. The van der Waals surface area contributed by atoms with Crippen molar-refractivity contribution in [3.63, 3.8) is 0 Å². The van der Waals surface area contributed by atoms with Crippen molar-refractivity contribution in [1.29, 1.82) is 0 Å². The van der Waals surface area contributed by atoms with E-state index < -0.39 is 11.6 Å². The normalized spacial score (nSPS) is 20.9. The van der Waals surface area contributed by atoms with Crippen LogP contribution in [0, 0.1) is 0 Å². The van der Waals surface area contributed by atoms with Crippen LogP contribution in [-0.4, -0.2) is 31.8 Å². The standard InChI is InChI=1S/C27H29N3O5.ClH/c1-2-27(34)20-11-22-23-16(13-30(22)25(32)19(20)14-35-26(27)33)10-18-21(29-23)9-8-15(24(18)31)12-28-17-6-4-3-5-7-17;/h8-11,17,28,31,34H,2-7,12-14H2,1H3;1H/t27-;/m0./s1. The topological polar surface area (TPSA) is 114 Å². The second-order valence-corrected chi connectivity index (χ2v) is 9.95. The lowest BCUT2D eigenvalue weighted by Crippen LogP contribution is -2.44. The molecule has 2 aliphatic heterocycles. The van der Waals surface area contributed by atoms with Gasteiger partial charge in [0.15, 0.2) is 5.60 Å².